The van der Waals surface area contributed by atoms with E-state index in [4.69, 9.17) is 9.84 Å². The van der Waals surface area contributed by atoms with Crippen molar-refractivity contribution in [2.24, 2.45) is 0 Å². The molecule has 13 heavy (non-hydrogen) atoms. The average Bonchev–Trinajstić information content (AvgIpc) is 2.78. The van der Waals surface area contributed by atoms with E-state index in [0.29, 0.717) is 18.9 Å². The Balaban J connectivity index is 1.93. The zero-order valence-electron chi connectivity index (χ0n) is 7.75. The normalized spacial score (nSPS) is 38.4. The maximum absolute atomic E-state index is 11.0. The number of carboxylic acid groups (broad SMARTS) is 1. The van der Waals surface area contributed by atoms with Gasteiger partial charge in [0, 0.05) is 26.0 Å². The van der Waals surface area contributed by atoms with Gasteiger partial charge in [-0.1, -0.05) is 0 Å². The van der Waals surface area contributed by atoms with Gasteiger partial charge >= 0.3 is 5.97 Å². The van der Waals surface area contributed by atoms with Gasteiger partial charge in [-0.25, -0.2) is 0 Å². The van der Waals surface area contributed by atoms with Gasteiger partial charge in [0.2, 0.25) is 0 Å². The first-order valence-electron chi connectivity index (χ1n) is 4.70. The quantitative estimate of drug-likeness (QED) is 0.664. The summed E-state index contributed by atoms with van der Waals surface area (Å²) in [6.45, 7) is 0. The number of hydrogen-bond acceptors (Lipinski definition) is 3. The van der Waals surface area contributed by atoms with Crippen molar-refractivity contribution in [2.45, 2.75) is 43.4 Å². The fraction of sp³-hybridized carbons (Fsp3) is 0.889. The van der Waals surface area contributed by atoms with Crippen molar-refractivity contribution in [3.05, 3.63) is 0 Å². The van der Waals surface area contributed by atoms with Crippen LogP contribution in [0.15, 0.2) is 0 Å². The second-order valence-corrected chi connectivity index (χ2v) is 4.07. The molecule has 0 heterocycles. The molecule has 0 aromatic carbocycles. The van der Waals surface area contributed by atoms with Gasteiger partial charge in [-0.15, -0.1) is 0 Å². The number of aliphatic carboxylic acids is 1. The molecule has 2 rings (SSSR count). The molecule has 74 valence electrons. The van der Waals surface area contributed by atoms with Crippen LogP contribution >= 0.6 is 0 Å². The minimum absolute atomic E-state index is 0.127. The summed E-state index contributed by atoms with van der Waals surface area (Å²) in [6.07, 6.45) is 3.58. The molecular formula is C9H15NO3. The summed E-state index contributed by atoms with van der Waals surface area (Å²) in [4.78, 5) is 11.0. The fourth-order valence-electron chi connectivity index (χ4n) is 1.86. The number of carboxylic acids is 1. The summed E-state index contributed by atoms with van der Waals surface area (Å²) >= 11 is 0. The smallest absolute Gasteiger partial charge is 0.324 e. The number of carbonyl (C=O) groups is 1. The Morgan fingerprint density at radius 1 is 1.54 bits per heavy atom. The van der Waals surface area contributed by atoms with Crippen LogP contribution in [0, 0.1) is 0 Å². The van der Waals surface area contributed by atoms with Gasteiger partial charge < -0.3 is 9.84 Å². The Morgan fingerprint density at radius 2 is 2.15 bits per heavy atom. The van der Waals surface area contributed by atoms with Crippen molar-refractivity contribution in [1.82, 2.24) is 5.32 Å². The van der Waals surface area contributed by atoms with Crippen molar-refractivity contribution in [2.75, 3.05) is 7.11 Å². The van der Waals surface area contributed by atoms with E-state index in [1.54, 1.807) is 7.11 Å². The summed E-state index contributed by atoms with van der Waals surface area (Å²) in [5.74, 6) is -0.729. The van der Waals surface area contributed by atoms with Crippen LogP contribution in [0.1, 0.15) is 25.7 Å². The van der Waals surface area contributed by atoms with Crippen LogP contribution in [0.4, 0.5) is 0 Å². The molecule has 0 saturated heterocycles. The lowest BCUT2D eigenvalue weighted by atomic mass is 9.74. The maximum Gasteiger partial charge on any atom is 0.324 e. The lowest BCUT2D eigenvalue weighted by molar-refractivity contribution is -0.156. The summed E-state index contributed by atoms with van der Waals surface area (Å²) in [6, 6.07) is 0.439. The molecule has 2 aliphatic carbocycles. The molecule has 4 heteroatoms. The van der Waals surface area contributed by atoms with E-state index in [1.165, 1.54) is 0 Å². The van der Waals surface area contributed by atoms with Crippen molar-refractivity contribution in [3.63, 3.8) is 0 Å². The number of methoxy groups -OCH3 is 1. The first-order valence-corrected chi connectivity index (χ1v) is 4.70. The van der Waals surface area contributed by atoms with E-state index in [2.05, 4.69) is 5.32 Å². The molecule has 0 amide bonds. The molecule has 0 aromatic rings. The third-order valence-electron chi connectivity index (χ3n) is 2.95. The van der Waals surface area contributed by atoms with Gasteiger partial charge in [0.15, 0.2) is 0 Å². The van der Waals surface area contributed by atoms with E-state index in [9.17, 15) is 4.79 Å². The van der Waals surface area contributed by atoms with Crippen LogP contribution in [0.2, 0.25) is 0 Å². The lowest BCUT2D eigenvalue weighted by Gasteiger charge is -2.44. The monoisotopic (exact) mass is 185 g/mol. The Kier molecular flexibility index (Phi) is 2.04. The highest BCUT2D eigenvalue weighted by molar-refractivity contribution is 5.80. The van der Waals surface area contributed by atoms with E-state index >= 15 is 0 Å². The minimum Gasteiger partial charge on any atom is -0.480 e. The minimum atomic E-state index is -0.729. The van der Waals surface area contributed by atoms with Crippen LogP contribution in [0.5, 0.6) is 0 Å². The molecule has 4 nitrogen and oxygen atoms in total. The highest BCUT2D eigenvalue weighted by Gasteiger charge is 2.52. The molecule has 0 aromatic heterocycles. The molecule has 0 spiro atoms. The summed E-state index contributed by atoms with van der Waals surface area (Å²) in [5, 5.41) is 12.2. The van der Waals surface area contributed by atoms with Gasteiger partial charge in [-0.3, -0.25) is 10.1 Å². The van der Waals surface area contributed by atoms with E-state index < -0.39 is 11.5 Å². The topological polar surface area (TPSA) is 58.6 Å². The predicted molar refractivity (Wildman–Crippen MR) is 46.6 cm³/mol. The van der Waals surface area contributed by atoms with Gasteiger partial charge in [0.1, 0.15) is 5.54 Å². The second kappa shape index (κ2) is 2.96. The van der Waals surface area contributed by atoms with Crippen molar-refractivity contribution in [1.29, 1.82) is 0 Å². The molecule has 2 aliphatic rings. The van der Waals surface area contributed by atoms with Crippen LogP contribution in [0.3, 0.4) is 0 Å². The van der Waals surface area contributed by atoms with Crippen LogP contribution in [0.25, 0.3) is 0 Å². The third kappa shape index (κ3) is 1.56. The van der Waals surface area contributed by atoms with Gasteiger partial charge in [0.25, 0.3) is 0 Å². The third-order valence-corrected chi connectivity index (χ3v) is 2.95. The molecule has 0 radical (unpaired) electrons. The maximum atomic E-state index is 11.0. The highest BCUT2D eigenvalue weighted by Crippen LogP contribution is 2.37. The lowest BCUT2D eigenvalue weighted by Crippen LogP contribution is -2.63. The zero-order valence-corrected chi connectivity index (χ0v) is 7.75. The molecule has 0 atom stereocenters. The van der Waals surface area contributed by atoms with E-state index in [1.807, 2.05) is 0 Å². The van der Waals surface area contributed by atoms with Crippen LogP contribution in [-0.4, -0.2) is 35.9 Å². The summed E-state index contributed by atoms with van der Waals surface area (Å²) in [7, 11) is 1.63. The summed E-state index contributed by atoms with van der Waals surface area (Å²) < 4.78 is 5.09. The van der Waals surface area contributed by atoms with Gasteiger partial charge in [-0.2, -0.15) is 0 Å². The predicted octanol–water partition coefficient (Wildman–Crippen LogP) is 0.371. The molecule has 2 N–H and O–H groups in total. The number of ether oxygens (including phenoxy) is 1. The standard InChI is InChI=1S/C9H15NO3/c1-13-7-4-9(5-7,8(11)12)10-6-2-3-6/h6-7,10H,2-5H2,1H3,(H,11,12). The molecular weight excluding hydrogens is 170 g/mol. The Bertz CT molecular complexity index is 219. The Hall–Kier alpha value is -0.610. The average molecular weight is 185 g/mol. The number of hydrogen-bond donors (Lipinski definition) is 2. The van der Waals surface area contributed by atoms with Crippen LogP contribution in [-0.2, 0) is 9.53 Å². The fourth-order valence-corrected chi connectivity index (χ4v) is 1.86. The Labute approximate surface area is 77.3 Å². The zero-order chi connectivity index (χ0) is 9.47. The molecule has 0 aliphatic heterocycles. The van der Waals surface area contributed by atoms with Crippen molar-refractivity contribution < 1.29 is 14.6 Å². The molecule has 0 unspecified atom stereocenters. The number of nitrogens with one attached hydrogen (secondary N) is 1. The first-order chi connectivity index (χ1) is 6.16. The Morgan fingerprint density at radius 3 is 2.54 bits per heavy atom. The van der Waals surface area contributed by atoms with Gasteiger partial charge in [-0.05, 0) is 12.8 Å². The van der Waals surface area contributed by atoms with Crippen molar-refractivity contribution >= 4 is 5.97 Å². The van der Waals surface area contributed by atoms with Crippen molar-refractivity contribution in [3.8, 4) is 0 Å². The van der Waals surface area contributed by atoms with E-state index in [0.717, 1.165) is 12.8 Å². The van der Waals surface area contributed by atoms with Crippen LogP contribution < -0.4 is 5.32 Å². The highest BCUT2D eigenvalue weighted by atomic mass is 16.5. The molecule has 2 saturated carbocycles. The second-order valence-electron chi connectivity index (χ2n) is 4.07. The molecule has 0 bridgehead atoms. The largest absolute Gasteiger partial charge is 0.480 e. The van der Waals surface area contributed by atoms with Gasteiger partial charge in [0.05, 0.1) is 6.10 Å². The van der Waals surface area contributed by atoms with E-state index in [-0.39, 0.29) is 6.10 Å². The molecule has 2 fully saturated rings. The SMILES string of the molecule is COC1CC(NC2CC2)(C(=O)O)C1. The first kappa shape index (κ1) is 8.97. The summed E-state index contributed by atoms with van der Waals surface area (Å²) in [5.41, 5.74) is -0.679. The number of rotatable bonds is 4.